The van der Waals surface area contributed by atoms with E-state index in [-0.39, 0.29) is 17.8 Å². The van der Waals surface area contributed by atoms with Crippen LogP contribution in [0.1, 0.15) is 12.5 Å². The van der Waals surface area contributed by atoms with Gasteiger partial charge >= 0.3 is 5.76 Å². The van der Waals surface area contributed by atoms with Gasteiger partial charge in [0, 0.05) is 12.6 Å². The third-order valence-electron chi connectivity index (χ3n) is 4.09. The first-order valence-corrected chi connectivity index (χ1v) is 8.30. The minimum absolute atomic E-state index is 0.0629. The molecule has 0 saturated heterocycles. The number of nitrogens with zero attached hydrogens (tertiary/aromatic N) is 3. The van der Waals surface area contributed by atoms with Crippen LogP contribution < -0.4 is 16.2 Å². The number of benzene rings is 2. The van der Waals surface area contributed by atoms with E-state index in [1.807, 2.05) is 38.1 Å². The van der Waals surface area contributed by atoms with Gasteiger partial charge in [-0.05, 0) is 32.0 Å². The highest BCUT2D eigenvalue weighted by molar-refractivity contribution is 5.81. The number of hydrazine groups is 1. The number of oxazole rings is 1. The van der Waals surface area contributed by atoms with Gasteiger partial charge in [-0.3, -0.25) is 29.9 Å². The molecule has 0 saturated carbocycles. The van der Waals surface area contributed by atoms with Crippen molar-refractivity contribution < 1.29 is 14.1 Å². The van der Waals surface area contributed by atoms with Gasteiger partial charge < -0.3 is 4.42 Å². The fourth-order valence-corrected chi connectivity index (χ4v) is 2.70. The predicted molar refractivity (Wildman–Crippen MR) is 99.5 cm³/mol. The summed E-state index contributed by atoms with van der Waals surface area (Å²) in [5, 5.41) is 12.5. The molecule has 3 aromatic rings. The first-order valence-electron chi connectivity index (χ1n) is 8.30. The van der Waals surface area contributed by atoms with Gasteiger partial charge in [0.05, 0.1) is 22.2 Å². The van der Waals surface area contributed by atoms with Crippen molar-refractivity contribution in [2.75, 3.05) is 11.6 Å². The Morgan fingerprint density at radius 2 is 1.96 bits per heavy atom. The molecule has 0 fully saturated rings. The van der Waals surface area contributed by atoms with Crippen molar-refractivity contribution >= 4 is 28.4 Å². The Bertz CT molecular complexity index is 1050. The van der Waals surface area contributed by atoms with E-state index in [4.69, 9.17) is 4.42 Å². The normalized spacial score (nSPS) is 10.7. The second-order valence-corrected chi connectivity index (χ2v) is 5.98. The number of nitro benzene ring substituents is 1. The van der Waals surface area contributed by atoms with Gasteiger partial charge in [-0.1, -0.05) is 17.7 Å². The molecule has 1 aromatic heterocycles. The fraction of sp³-hybridized carbons (Fsp3) is 0.222. The molecule has 2 aromatic carbocycles. The molecule has 0 aliphatic carbocycles. The summed E-state index contributed by atoms with van der Waals surface area (Å²) in [4.78, 5) is 34.7. The summed E-state index contributed by atoms with van der Waals surface area (Å²) in [6.07, 6.45) is 0. The van der Waals surface area contributed by atoms with E-state index >= 15 is 0 Å². The number of aryl methyl sites for hydroxylation is 1. The highest BCUT2D eigenvalue weighted by Crippen LogP contribution is 2.20. The van der Waals surface area contributed by atoms with Gasteiger partial charge in [-0.2, -0.15) is 0 Å². The summed E-state index contributed by atoms with van der Waals surface area (Å²) < 4.78 is 6.17. The van der Waals surface area contributed by atoms with Crippen LogP contribution in [0.15, 0.2) is 51.7 Å². The standard InChI is InChI=1S/C18H18N4O5/c1-3-21(13-6-4-12(2)5-7-13)19-17(23)11-20-15-9-8-14(22(25)26)10-16(15)27-18(20)24/h4-10H,3,11H2,1-2H3,(H,19,23). The summed E-state index contributed by atoms with van der Waals surface area (Å²) in [5.41, 5.74) is 4.86. The zero-order chi connectivity index (χ0) is 19.6. The summed E-state index contributed by atoms with van der Waals surface area (Å²) in [7, 11) is 0. The van der Waals surface area contributed by atoms with E-state index in [9.17, 15) is 19.7 Å². The van der Waals surface area contributed by atoms with Gasteiger partial charge in [-0.25, -0.2) is 4.79 Å². The molecule has 0 bridgehead atoms. The topological polar surface area (TPSA) is 111 Å². The smallest absolute Gasteiger partial charge is 0.407 e. The number of anilines is 1. The van der Waals surface area contributed by atoms with Crippen LogP contribution in [0.4, 0.5) is 11.4 Å². The van der Waals surface area contributed by atoms with Gasteiger partial charge in [0.2, 0.25) is 0 Å². The lowest BCUT2D eigenvalue weighted by Crippen LogP contribution is -2.44. The molecule has 140 valence electrons. The van der Waals surface area contributed by atoms with Crippen molar-refractivity contribution in [3.63, 3.8) is 0 Å². The lowest BCUT2D eigenvalue weighted by Gasteiger charge is -2.24. The van der Waals surface area contributed by atoms with E-state index < -0.39 is 16.6 Å². The number of aromatic nitrogens is 1. The number of carbonyl (C=O) groups is 1. The maximum Gasteiger partial charge on any atom is 0.420 e. The maximum absolute atomic E-state index is 12.4. The first-order chi connectivity index (χ1) is 12.9. The van der Waals surface area contributed by atoms with Crippen LogP contribution >= 0.6 is 0 Å². The van der Waals surface area contributed by atoms with Crippen molar-refractivity contribution in [1.29, 1.82) is 0 Å². The Morgan fingerprint density at radius 1 is 1.26 bits per heavy atom. The molecule has 1 heterocycles. The second kappa shape index (κ2) is 7.32. The van der Waals surface area contributed by atoms with Crippen molar-refractivity contribution in [1.82, 2.24) is 9.99 Å². The molecule has 1 amide bonds. The molecule has 1 N–H and O–H groups in total. The average Bonchev–Trinajstić information content (AvgIpc) is 2.95. The number of rotatable bonds is 6. The molecule has 3 rings (SSSR count). The van der Waals surface area contributed by atoms with Gasteiger partial charge in [0.1, 0.15) is 6.54 Å². The van der Waals surface area contributed by atoms with Crippen LogP contribution in [0.25, 0.3) is 11.1 Å². The van der Waals surface area contributed by atoms with Crippen molar-refractivity contribution in [3.05, 3.63) is 68.7 Å². The van der Waals surface area contributed by atoms with Gasteiger partial charge in [-0.15, -0.1) is 0 Å². The summed E-state index contributed by atoms with van der Waals surface area (Å²) in [6, 6.07) is 11.5. The molecule has 0 spiro atoms. The second-order valence-electron chi connectivity index (χ2n) is 5.98. The lowest BCUT2D eigenvalue weighted by molar-refractivity contribution is -0.384. The molecular formula is C18H18N4O5. The predicted octanol–water partition coefficient (Wildman–Crippen LogP) is 2.37. The number of non-ortho nitro benzene ring substituents is 1. The molecule has 9 nitrogen and oxygen atoms in total. The molecule has 0 unspecified atom stereocenters. The van der Waals surface area contributed by atoms with Crippen molar-refractivity contribution in [3.8, 4) is 0 Å². The summed E-state index contributed by atoms with van der Waals surface area (Å²) >= 11 is 0. The molecule has 0 radical (unpaired) electrons. The Hall–Kier alpha value is -3.62. The van der Waals surface area contributed by atoms with E-state index in [1.165, 1.54) is 12.1 Å². The minimum atomic E-state index is -0.751. The largest absolute Gasteiger partial charge is 0.420 e. The van der Waals surface area contributed by atoms with E-state index in [0.29, 0.717) is 12.1 Å². The highest BCUT2D eigenvalue weighted by Gasteiger charge is 2.17. The first kappa shape index (κ1) is 18.2. The number of hydrogen-bond acceptors (Lipinski definition) is 6. The van der Waals surface area contributed by atoms with Crippen LogP contribution in [-0.2, 0) is 11.3 Å². The van der Waals surface area contributed by atoms with E-state index in [0.717, 1.165) is 21.9 Å². The lowest BCUT2D eigenvalue weighted by atomic mass is 10.2. The average molecular weight is 370 g/mol. The van der Waals surface area contributed by atoms with Crippen LogP contribution in [0.2, 0.25) is 0 Å². The third-order valence-corrected chi connectivity index (χ3v) is 4.09. The number of carbonyl (C=O) groups excluding carboxylic acids is 1. The molecule has 0 aliphatic heterocycles. The Balaban J connectivity index is 1.81. The third kappa shape index (κ3) is 3.81. The monoisotopic (exact) mass is 370 g/mol. The van der Waals surface area contributed by atoms with E-state index in [1.54, 1.807) is 5.01 Å². The van der Waals surface area contributed by atoms with Gasteiger partial charge in [0.25, 0.3) is 11.6 Å². The Labute approximate surface area is 153 Å². The van der Waals surface area contributed by atoms with Gasteiger partial charge in [0.15, 0.2) is 5.58 Å². The fourth-order valence-electron chi connectivity index (χ4n) is 2.70. The highest BCUT2D eigenvalue weighted by atomic mass is 16.6. The summed E-state index contributed by atoms with van der Waals surface area (Å²) in [6.45, 7) is 4.12. The zero-order valence-corrected chi connectivity index (χ0v) is 14.8. The van der Waals surface area contributed by atoms with Crippen LogP contribution in [0.3, 0.4) is 0 Å². The van der Waals surface area contributed by atoms with Crippen LogP contribution in [0.5, 0.6) is 0 Å². The quantitative estimate of drug-likeness (QED) is 0.527. The van der Waals surface area contributed by atoms with Crippen molar-refractivity contribution in [2.24, 2.45) is 0 Å². The Morgan fingerprint density at radius 3 is 2.59 bits per heavy atom. The summed E-state index contributed by atoms with van der Waals surface area (Å²) in [5.74, 6) is -1.17. The SMILES string of the molecule is CCN(NC(=O)Cn1c(=O)oc2cc([N+](=O)[O-])ccc21)c1ccc(C)cc1. The molecule has 0 atom stereocenters. The number of hydrogen-bond donors (Lipinski definition) is 1. The van der Waals surface area contributed by atoms with Crippen molar-refractivity contribution in [2.45, 2.75) is 20.4 Å². The zero-order valence-electron chi connectivity index (χ0n) is 14.8. The molecule has 0 aliphatic rings. The Kier molecular flexibility index (Phi) is 4.93. The molecule has 9 heteroatoms. The number of nitro groups is 1. The maximum atomic E-state index is 12.4. The number of nitrogens with one attached hydrogen (secondary N) is 1. The van der Waals surface area contributed by atoms with Crippen LogP contribution in [-0.4, -0.2) is 21.9 Å². The van der Waals surface area contributed by atoms with E-state index in [2.05, 4.69) is 5.43 Å². The number of fused-ring (bicyclic) bond motifs is 1. The van der Waals surface area contributed by atoms with Crippen LogP contribution in [0, 0.1) is 17.0 Å². The molecule has 27 heavy (non-hydrogen) atoms. The molecular weight excluding hydrogens is 352 g/mol. The minimum Gasteiger partial charge on any atom is -0.407 e. The number of amides is 1.